The molecule has 0 radical (unpaired) electrons. The summed E-state index contributed by atoms with van der Waals surface area (Å²) in [5, 5.41) is 0.511. The minimum absolute atomic E-state index is 0.511. The van der Waals surface area contributed by atoms with Crippen LogP contribution in [-0.4, -0.2) is 11.5 Å². The van der Waals surface area contributed by atoms with Crippen LogP contribution in [0, 0.1) is 11.8 Å². The van der Waals surface area contributed by atoms with Crippen molar-refractivity contribution in [1.82, 2.24) is 0 Å². The summed E-state index contributed by atoms with van der Waals surface area (Å²) in [4.78, 5) is 0. The Morgan fingerprint density at radius 1 is 1.36 bits per heavy atom. The predicted octanol–water partition coefficient (Wildman–Crippen LogP) is 3.32. The molecule has 0 bridgehead atoms. The van der Waals surface area contributed by atoms with Crippen molar-refractivity contribution < 1.29 is 0 Å². The third-order valence-corrected chi connectivity index (χ3v) is 2.39. The van der Waals surface area contributed by atoms with Gasteiger partial charge in [-0.1, -0.05) is 25.7 Å². The van der Waals surface area contributed by atoms with E-state index >= 15 is 0 Å². The molecule has 0 aliphatic carbocycles. The second-order valence-corrected chi connectivity index (χ2v) is 3.83. The molecule has 0 fully saturated rings. The molecule has 0 N–H and O–H groups in total. The van der Waals surface area contributed by atoms with Gasteiger partial charge in [0.05, 0.1) is 5.25 Å². The molecule has 64 valence electrons. The van der Waals surface area contributed by atoms with Crippen molar-refractivity contribution in [2.45, 2.75) is 44.8 Å². The lowest BCUT2D eigenvalue weighted by Crippen LogP contribution is -1.87. The molecule has 0 saturated heterocycles. The second-order valence-electron chi connectivity index (χ2n) is 2.66. The number of hydrogen-bond acceptors (Lipinski definition) is 1. The van der Waals surface area contributed by atoms with Crippen molar-refractivity contribution in [3.8, 4) is 11.8 Å². The molecule has 0 nitrogen and oxygen atoms in total. The first-order valence-electron chi connectivity index (χ1n) is 4.32. The summed E-state index contributed by atoms with van der Waals surface area (Å²) >= 11 is 1.81. The van der Waals surface area contributed by atoms with Crippen molar-refractivity contribution in [3.63, 3.8) is 0 Å². The summed E-state index contributed by atoms with van der Waals surface area (Å²) < 4.78 is 0. The molecule has 0 aromatic rings. The van der Waals surface area contributed by atoms with Crippen molar-refractivity contribution in [3.05, 3.63) is 0 Å². The lowest BCUT2D eigenvalue weighted by atomic mass is 10.2. The molecule has 11 heavy (non-hydrogen) atoms. The summed E-state index contributed by atoms with van der Waals surface area (Å²) in [7, 11) is 0. The van der Waals surface area contributed by atoms with E-state index in [-0.39, 0.29) is 0 Å². The normalized spacial score (nSPS) is 11.9. The maximum Gasteiger partial charge on any atom is 0.0626 e. The van der Waals surface area contributed by atoms with Crippen molar-refractivity contribution in [1.29, 1.82) is 0 Å². The summed E-state index contributed by atoms with van der Waals surface area (Å²) in [6.45, 7) is 4.37. The van der Waals surface area contributed by atoms with Crippen molar-refractivity contribution in [2.24, 2.45) is 0 Å². The minimum atomic E-state index is 0.511. The van der Waals surface area contributed by atoms with Gasteiger partial charge < -0.3 is 0 Å². The summed E-state index contributed by atoms with van der Waals surface area (Å²) in [5.74, 6) is 6.40. The van der Waals surface area contributed by atoms with Gasteiger partial charge in [-0.05, 0) is 19.6 Å². The van der Waals surface area contributed by atoms with Crippen LogP contribution in [0.2, 0.25) is 0 Å². The van der Waals surface area contributed by atoms with Gasteiger partial charge in [0, 0.05) is 6.42 Å². The zero-order chi connectivity index (χ0) is 8.53. The zero-order valence-corrected chi connectivity index (χ0v) is 8.63. The van der Waals surface area contributed by atoms with E-state index in [1.807, 2.05) is 11.8 Å². The standard InChI is InChI=1S/C10H18S/c1-4-5-6-7-8-9-10(2)11-3/h10H,4-7H2,1-3H3. The lowest BCUT2D eigenvalue weighted by molar-refractivity contribution is 0.737. The molecular weight excluding hydrogens is 152 g/mol. The highest BCUT2D eigenvalue weighted by molar-refractivity contribution is 7.99. The van der Waals surface area contributed by atoms with Crippen molar-refractivity contribution >= 4 is 11.8 Å². The van der Waals surface area contributed by atoms with Gasteiger partial charge in [0.25, 0.3) is 0 Å². The van der Waals surface area contributed by atoms with Crippen LogP contribution in [-0.2, 0) is 0 Å². The Balaban J connectivity index is 3.25. The van der Waals surface area contributed by atoms with Gasteiger partial charge in [-0.25, -0.2) is 0 Å². The van der Waals surface area contributed by atoms with E-state index in [1.54, 1.807) is 0 Å². The van der Waals surface area contributed by atoms with Crippen LogP contribution in [0.4, 0.5) is 0 Å². The first-order chi connectivity index (χ1) is 5.31. The Labute approximate surface area is 75.1 Å². The van der Waals surface area contributed by atoms with Crippen LogP contribution in [0.25, 0.3) is 0 Å². The SMILES string of the molecule is CCCCCC#CC(C)SC. The maximum absolute atomic E-state index is 3.20. The molecule has 0 heterocycles. The number of unbranched alkanes of at least 4 members (excludes halogenated alkanes) is 3. The quantitative estimate of drug-likeness (QED) is 0.461. The van der Waals surface area contributed by atoms with Crippen LogP contribution in [0.1, 0.15) is 39.5 Å². The van der Waals surface area contributed by atoms with E-state index < -0.39 is 0 Å². The summed E-state index contributed by atoms with van der Waals surface area (Å²) in [5.41, 5.74) is 0. The second kappa shape index (κ2) is 8.01. The first-order valence-corrected chi connectivity index (χ1v) is 5.61. The average molecular weight is 170 g/mol. The van der Waals surface area contributed by atoms with E-state index in [4.69, 9.17) is 0 Å². The largest absolute Gasteiger partial charge is 0.149 e. The Bertz CT molecular complexity index is 130. The van der Waals surface area contributed by atoms with E-state index in [0.29, 0.717) is 5.25 Å². The molecule has 0 spiro atoms. The lowest BCUT2D eigenvalue weighted by Gasteiger charge is -1.94. The first kappa shape index (κ1) is 10.9. The molecule has 0 rings (SSSR count). The van der Waals surface area contributed by atoms with Crippen LogP contribution in [0.15, 0.2) is 0 Å². The van der Waals surface area contributed by atoms with Gasteiger partial charge in [-0.15, -0.1) is 17.7 Å². The van der Waals surface area contributed by atoms with E-state index in [2.05, 4.69) is 31.9 Å². The predicted molar refractivity (Wildman–Crippen MR) is 54.9 cm³/mol. The van der Waals surface area contributed by atoms with Gasteiger partial charge in [-0.2, -0.15) is 0 Å². The molecule has 0 aromatic carbocycles. The third-order valence-electron chi connectivity index (χ3n) is 1.56. The van der Waals surface area contributed by atoms with Gasteiger partial charge >= 0.3 is 0 Å². The Hall–Kier alpha value is -0.0900. The van der Waals surface area contributed by atoms with Crippen LogP contribution in [0.3, 0.4) is 0 Å². The molecule has 1 atom stereocenters. The van der Waals surface area contributed by atoms with Crippen LogP contribution < -0.4 is 0 Å². The molecule has 0 saturated carbocycles. The number of thioether (sulfide) groups is 1. The van der Waals surface area contributed by atoms with Crippen molar-refractivity contribution in [2.75, 3.05) is 6.26 Å². The summed E-state index contributed by atoms with van der Waals surface area (Å²) in [6.07, 6.45) is 7.07. The Morgan fingerprint density at radius 3 is 2.64 bits per heavy atom. The minimum Gasteiger partial charge on any atom is -0.149 e. The fourth-order valence-electron chi connectivity index (χ4n) is 0.738. The molecule has 0 amide bonds. The molecule has 0 aromatic heterocycles. The Morgan fingerprint density at radius 2 is 2.09 bits per heavy atom. The van der Waals surface area contributed by atoms with Gasteiger partial charge in [0.1, 0.15) is 0 Å². The number of hydrogen-bond donors (Lipinski definition) is 0. The average Bonchev–Trinajstić information content (AvgIpc) is 2.04. The Kier molecular flexibility index (Phi) is 7.95. The molecular formula is C10H18S. The summed E-state index contributed by atoms with van der Waals surface area (Å²) in [6, 6.07) is 0. The fourth-order valence-corrected chi connectivity index (χ4v) is 0.939. The van der Waals surface area contributed by atoms with Crippen LogP contribution in [0.5, 0.6) is 0 Å². The maximum atomic E-state index is 3.20. The fraction of sp³-hybridized carbons (Fsp3) is 0.800. The van der Waals surface area contributed by atoms with E-state index in [1.165, 1.54) is 19.3 Å². The van der Waals surface area contributed by atoms with Gasteiger partial charge in [-0.3, -0.25) is 0 Å². The van der Waals surface area contributed by atoms with Gasteiger partial charge in [0.15, 0.2) is 0 Å². The molecule has 1 unspecified atom stereocenters. The van der Waals surface area contributed by atoms with E-state index in [9.17, 15) is 0 Å². The smallest absolute Gasteiger partial charge is 0.0626 e. The topological polar surface area (TPSA) is 0 Å². The highest BCUT2D eigenvalue weighted by Gasteiger charge is 1.88. The zero-order valence-electron chi connectivity index (χ0n) is 7.81. The molecule has 1 heteroatoms. The third kappa shape index (κ3) is 7.81. The van der Waals surface area contributed by atoms with Gasteiger partial charge in [0.2, 0.25) is 0 Å². The van der Waals surface area contributed by atoms with E-state index in [0.717, 1.165) is 6.42 Å². The molecule has 0 aliphatic heterocycles. The monoisotopic (exact) mass is 170 g/mol. The highest BCUT2D eigenvalue weighted by atomic mass is 32.2. The highest BCUT2D eigenvalue weighted by Crippen LogP contribution is 2.03. The van der Waals surface area contributed by atoms with Crippen LogP contribution >= 0.6 is 11.8 Å². The number of rotatable bonds is 4. The molecule has 0 aliphatic rings.